The molecule has 0 aromatic carbocycles. The molecule has 3 rings (SSSR count). The van der Waals surface area contributed by atoms with Crippen molar-refractivity contribution >= 4 is 28.9 Å². The van der Waals surface area contributed by atoms with E-state index in [4.69, 9.17) is 0 Å². The summed E-state index contributed by atoms with van der Waals surface area (Å²) in [6.07, 6.45) is 4.60. The minimum atomic E-state index is -0.926. The Morgan fingerprint density at radius 1 is 1.30 bits per heavy atom. The van der Waals surface area contributed by atoms with Gasteiger partial charge in [0.1, 0.15) is 12.1 Å². The SMILES string of the molecule is O=C1NC(C(=O)N2C(C(=O)O)CC3CCCCC32)CS1. The zero-order valence-corrected chi connectivity index (χ0v) is 11.9. The number of nitrogens with one attached hydrogen (secondary N) is 1. The minimum Gasteiger partial charge on any atom is -0.480 e. The summed E-state index contributed by atoms with van der Waals surface area (Å²) in [5.41, 5.74) is 0. The van der Waals surface area contributed by atoms with Crippen LogP contribution < -0.4 is 5.32 Å². The van der Waals surface area contributed by atoms with E-state index in [0.717, 1.165) is 37.4 Å². The topological polar surface area (TPSA) is 86.7 Å². The Morgan fingerprint density at radius 2 is 2.05 bits per heavy atom. The van der Waals surface area contributed by atoms with E-state index in [0.29, 0.717) is 18.1 Å². The van der Waals surface area contributed by atoms with Crippen LogP contribution in [-0.4, -0.2) is 51.0 Å². The van der Waals surface area contributed by atoms with E-state index in [2.05, 4.69) is 5.32 Å². The molecule has 20 heavy (non-hydrogen) atoms. The highest BCUT2D eigenvalue weighted by atomic mass is 32.2. The molecule has 2 saturated heterocycles. The maximum atomic E-state index is 12.6. The first-order chi connectivity index (χ1) is 9.58. The van der Waals surface area contributed by atoms with Crippen LogP contribution in [0.4, 0.5) is 4.79 Å². The molecule has 4 atom stereocenters. The summed E-state index contributed by atoms with van der Waals surface area (Å²) in [4.78, 5) is 36.8. The van der Waals surface area contributed by atoms with E-state index in [9.17, 15) is 19.5 Å². The molecule has 2 heterocycles. The first-order valence-electron chi connectivity index (χ1n) is 7.06. The van der Waals surface area contributed by atoms with Crippen molar-refractivity contribution in [3.8, 4) is 0 Å². The Hall–Kier alpha value is -1.24. The van der Waals surface area contributed by atoms with Crippen molar-refractivity contribution in [1.29, 1.82) is 0 Å². The van der Waals surface area contributed by atoms with Crippen LogP contribution in [0, 0.1) is 5.92 Å². The molecule has 2 aliphatic heterocycles. The maximum absolute atomic E-state index is 12.6. The van der Waals surface area contributed by atoms with Gasteiger partial charge in [0.15, 0.2) is 0 Å². The van der Waals surface area contributed by atoms with Crippen molar-refractivity contribution < 1.29 is 19.5 Å². The third kappa shape index (κ3) is 2.28. The Bertz CT molecular complexity index is 456. The lowest BCUT2D eigenvalue weighted by atomic mass is 9.84. The van der Waals surface area contributed by atoms with Crippen LogP contribution in [-0.2, 0) is 9.59 Å². The second kappa shape index (κ2) is 5.27. The van der Waals surface area contributed by atoms with Gasteiger partial charge in [0.2, 0.25) is 5.91 Å². The Balaban J connectivity index is 1.81. The smallest absolute Gasteiger partial charge is 0.326 e. The van der Waals surface area contributed by atoms with Crippen LogP contribution in [0.15, 0.2) is 0 Å². The highest BCUT2D eigenvalue weighted by molar-refractivity contribution is 8.14. The lowest BCUT2D eigenvalue weighted by molar-refractivity contribution is -0.150. The molecular weight excluding hydrogens is 280 g/mol. The highest BCUT2D eigenvalue weighted by Gasteiger charge is 2.49. The number of rotatable bonds is 2. The molecule has 0 aromatic rings. The van der Waals surface area contributed by atoms with Crippen molar-refractivity contribution in [3.05, 3.63) is 0 Å². The van der Waals surface area contributed by atoms with Gasteiger partial charge in [-0.15, -0.1) is 0 Å². The molecule has 0 aromatic heterocycles. The molecule has 0 bridgehead atoms. The fourth-order valence-electron chi connectivity index (χ4n) is 3.70. The number of thioether (sulfide) groups is 1. The fraction of sp³-hybridized carbons (Fsp3) is 0.769. The van der Waals surface area contributed by atoms with Crippen LogP contribution in [0.5, 0.6) is 0 Å². The number of carbonyl (C=O) groups excluding carboxylic acids is 2. The van der Waals surface area contributed by atoms with Gasteiger partial charge in [0.25, 0.3) is 5.24 Å². The quantitative estimate of drug-likeness (QED) is 0.796. The minimum absolute atomic E-state index is 0.0415. The van der Waals surface area contributed by atoms with Crippen LogP contribution in [0.3, 0.4) is 0 Å². The van der Waals surface area contributed by atoms with E-state index in [1.165, 1.54) is 0 Å². The van der Waals surface area contributed by atoms with Crippen molar-refractivity contribution in [2.24, 2.45) is 5.92 Å². The van der Waals surface area contributed by atoms with Gasteiger partial charge in [-0.2, -0.15) is 0 Å². The summed E-state index contributed by atoms with van der Waals surface area (Å²) < 4.78 is 0. The van der Waals surface area contributed by atoms with Gasteiger partial charge in [-0.05, 0) is 25.2 Å². The van der Waals surface area contributed by atoms with Crippen LogP contribution in [0.2, 0.25) is 0 Å². The summed E-state index contributed by atoms with van der Waals surface area (Å²) in [5, 5.41) is 11.8. The summed E-state index contributed by atoms with van der Waals surface area (Å²) >= 11 is 1.09. The molecule has 1 saturated carbocycles. The highest BCUT2D eigenvalue weighted by Crippen LogP contribution is 2.40. The van der Waals surface area contributed by atoms with Gasteiger partial charge in [-0.1, -0.05) is 24.6 Å². The number of carboxylic acids is 1. The van der Waals surface area contributed by atoms with E-state index >= 15 is 0 Å². The molecule has 4 unspecified atom stereocenters. The maximum Gasteiger partial charge on any atom is 0.326 e. The summed E-state index contributed by atoms with van der Waals surface area (Å²) in [6, 6.07) is -1.24. The number of aliphatic carboxylic acids is 1. The number of amides is 2. The number of likely N-dealkylation sites (tertiary alicyclic amines) is 1. The number of carboxylic acid groups (broad SMARTS) is 1. The van der Waals surface area contributed by atoms with Gasteiger partial charge in [-0.3, -0.25) is 9.59 Å². The molecule has 6 nitrogen and oxygen atoms in total. The van der Waals surface area contributed by atoms with E-state index in [-0.39, 0.29) is 17.2 Å². The lowest BCUT2D eigenvalue weighted by Crippen LogP contribution is -2.53. The normalized spacial score (nSPS) is 36.6. The summed E-state index contributed by atoms with van der Waals surface area (Å²) in [6.45, 7) is 0. The molecule has 3 fully saturated rings. The lowest BCUT2D eigenvalue weighted by Gasteiger charge is -2.34. The number of hydrogen-bond acceptors (Lipinski definition) is 4. The average molecular weight is 298 g/mol. The van der Waals surface area contributed by atoms with Gasteiger partial charge in [0.05, 0.1) is 0 Å². The zero-order valence-electron chi connectivity index (χ0n) is 11.1. The average Bonchev–Trinajstić information content (AvgIpc) is 3.01. The molecule has 0 spiro atoms. The predicted octanol–water partition coefficient (Wildman–Crippen LogP) is 1.06. The zero-order chi connectivity index (χ0) is 14.3. The van der Waals surface area contributed by atoms with Crippen LogP contribution >= 0.6 is 11.8 Å². The Kier molecular flexibility index (Phi) is 3.62. The van der Waals surface area contributed by atoms with Gasteiger partial charge < -0.3 is 15.3 Å². The molecule has 2 N–H and O–H groups in total. The van der Waals surface area contributed by atoms with Gasteiger partial charge >= 0.3 is 5.97 Å². The molecule has 3 aliphatic rings. The van der Waals surface area contributed by atoms with E-state index in [1.807, 2.05) is 0 Å². The van der Waals surface area contributed by atoms with E-state index < -0.39 is 18.1 Å². The van der Waals surface area contributed by atoms with Crippen molar-refractivity contribution in [2.45, 2.75) is 50.2 Å². The number of carbonyl (C=O) groups is 3. The first kappa shape index (κ1) is 13.7. The predicted molar refractivity (Wildman–Crippen MR) is 73.4 cm³/mol. The standard InChI is InChI=1S/C13H18N2O4S/c16-11(8-6-20-13(19)14-8)15-9-4-2-1-3-7(9)5-10(15)12(17)18/h7-10H,1-6H2,(H,14,19)(H,17,18). The van der Waals surface area contributed by atoms with Gasteiger partial charge in [-0.25, -0.2) is 4.79 Å². The fourth-order valence-corrected chi connectivity index (χ4v) is 4.46. The van der Waals surface area contributed by atoms with Crippen LogP contribution in [0.25, 0.3) is 0 Å². The number of fused-ring (bicyclic) bond motifs is 1. The Labute approximate surface area is 121 Å². The molecule has 2 amide bonds. The largest absolute Gasteiger partial charge is 0.480 e. The Morgan fingerprint density at radius 3 is 2.70 bits per heavy atom. The third-order valence-electron chi connectivity index (χ3n) is 4.60. The molecule has 0 radical (unpaired) electrons. The summed E-state index contributed by atoms with van der Waals surface area (Å²) in [5.74, 6) is -0.439. The monoisotopic (exact) mass is 298 g/mol. The molecule has 110 valence electrons. The van der Waals surface area contributed by atoms with Crippen molar-refractivity contribution in [3.63, 3.8) is 0 Å². The first-order valence-corrected chi connectivity index (χ1v) is 8.04. The second-order valence-corrected chi connectivity index (χ2v) is 6.74. The second-order valence-electron chi connectivity index (χ2n) is 5.74. The van der Waals surface area contributed by atoms with Crippen LogP contribution in [0.1, 0.15) is 32.1 Å². The van der Waals surface area contributed by atoms with Gasteiger partial charge in [0, 0.05) is 11.8 Å². The summed E-state index contributed by atoms with van der Waals surface area (Å²) in [7, 11) is 0. The molecular formula is C13H18N2O4S. The third-order valence-corrected chi connectivity index (χ3v) is 5.48. The molecule has 1 aliphatic carbocycles. The molecule has 7 heteroatoms. The van der Waals surface area contributed by atoms with Crippen molar-refractivity contribution in [2.75, 3.05) is 5.75 Å². The number of hydrogen-bond donors (Lipinski definition) is 2. The van der Waals surface area contributed by atoms with E-state index in [1.54, 1.807) is 4.90 Å². The number of nitrogens with zero attached hydrogens (tertiary/aromatic N) is 1. The van der Waals surface area contributed by atoms with Crippen molar-refractivity contribution in [1.82, 2.24) is 10.2 Å².